The third-order valence-electron chi connectivity index (χ3n) is 5.89. The van der Waals surface area contributed by atoms with Gasteiger partial charge in [0.25, 0.3) is 5.56 Å². The van der Waals surface area contributed by atoms with Gasteiger partial charge in [-0.25, -0.2) is 4.39 Å². The van der Waals surface area contributed by atoms with Crippen LogP contribution in [0.1, 0.15) is 23.2 Å². The van der Waals surface area contributed by atoms with Gasteiger partial charge in [-0.3, -0.25) is 9.69 Å². The number of aromatic nitrogens is 1. The van der Waals surface area contributed by atoms with Gasteiger partial charge in [0.1, 0.15) is 5.82 Å². The number of fused-ring (bicyclic) bond motifs is 1. The van der Waals surface area contributed by atoms with Crippen molar-refractivity contribution in [3.05, 3.63) is 75.5 Å². The highest BCUT2D eigenvalue weighted by Gasteiger charge is 2.17. The molecule has 6 heteroatoms. The SMILES string of the molecule is Cc1ccc(F)c2c(=O)[nH]c(CCCN3CCN(c4ccc(C#N)cc4)CC3)cc12. The maximum absolute atomic E-state index is 14.0. The number of benzene rings is 2. The van der Waals surface area contributed by atoms with E-state index in [0.29, 0.717) is 10.9 Å². The first-order chi connectivity index (χ1) is 14.5. The highest BCUT2D eigenvalue weighted by Crippen LogP contribution is 2.20. The Morgan fingerprint density at radius 3 is 2.53 bits per heavy atom. The number of aryl methyl sites for hydroxylation is 2. The summed E-state index contributed by atoms with van der Waals surface area (Å²) < 4.78 is 14.0. The average molecular weight is 404 g/mol. The van der Waals surface area contributed by atoms with Crippen LogP contribution < -0.4 is 10.5 Å². The molecule has 1 aromatic heterocycles. The smallest absolute Gasteiger partial charge is 0.259 e. The lowest BCUT2D eigenvalue weighted by Crippen LogP contribution is -2.46. The number of piperazine rings is 1. The lowest BCUT2D eigenvalue weighted by Gasteiger charge is -2.36. The van der Waals surface area contributed by atoms with Crippen molar-refractivity contribution in [3.63, 3.8) is 0 Å². The van der Waals surface area contributed by atoms with E-state index in [4.69, 9.17) is 5.26 Å². The Kier molecular flexibility index (Phi) is 5.82. The van der Waals surface area contributed by atoms with Gasteiger partial charge in [-0.2, -0.15) is 5.26 Å². The van der Waals surface area contributed by atoms with Crippen LogP contribution in [0.15, 0.2) is 47.3 Å². The molecule has 1 aliphatic rings. The van der Waals surface area contributed by atoms with Gasteiger partial charge in [0.05, 0.1) is 17.0 Å². The van der Waals surface area contributed by atoms with Crippen molar-refractivity contribution in [2.45, 2.75) is 19.8 Å². The first-order valence-corrected chi connectivity index (χ1v) is 10.3. The minimum atomic E-state index is -0.469. The fourth-order valence-electron chi connectivity index (χ4n) is 4.14. The van der Waals surface area contributed by atoms with Crippen molar-refractivity contribution in [1.82, 2.24) is 9.88 Å². The number of nitriles is 1. The molecule has 2 aromatic carbocycles. The van der Waals surface area contributed by atoms with E-state index >= 15 is 0 Å². The number of nitrogens with one attached hydrogen (secondary N) is 1. The van der Waals surface area contributed by atoms with Gasteiger partial charge in [0, 0.05) is 37.6 Å². The molecule has 0 saturated carbocycles. The Labute approximate surface area is 175 Å². The zero-order chi connectivity index (χ0) is 21.1. The van der Waals surface area contributed by atoms with E-state index in [0.717, 1.165) is 62.5 Å². The van der Waals surface area contributed by atoms with E-state index in [2.05, 4.69) is 20.9 Å². The number of nitrogens with zero attached hydrogens (tertiary/aromatic N) is 3. The molecule has 3 aromatic rings. The Morgan fingerprint density at radius 2 is 1.83 bits per heavy atom. The lowest BCUT2D eigenvalue weighted by molar-refractivity contribution is 0.255. The number of halogens is 1. The van der Waals surface area contributed by atoms with Crippen molar-refractivity contribution in [2.75, 3.05) is 37.6 Å². The predicted octanol–water partition coefficient (Wildman–Crippen LogP) is 3.60. The molecule has 0 radical (unpaired) electrons. The number of pyridine rings is 1. The molecule has 1 saturated heterocycles. The molecular formula is C24H25FN4O. The molecule has 0 aliphatic carbocycles. The minimum Gasteiger partial charge on any atom is -0.369 e. The van der Waals surface area contributed by atoms with Gasteiger partial charge in [-0.15, -0.1) is 0 Å². The van der Waals surface area contributed by atoms with Gasteiger partial charge in [0.15, 0.2) is 0 Å². The summed E-state index contributed by atoms with van der Waals surface area (Å²) in [5.74, 6) is -0.469. The highest BCUT2D eigenvalue weighted by molar-refractivity contribution is 5.85. The second-order valence-corrected chi connectivity index (χ2v) is 7.87. The predicted molar refractivity (Wildman–Crippen MR) is 117 cm³/mol. The number of aromatic amines is 1. The van der Waals surface area contributed by atoms with Crippen molar-refractivity contribution in [2.24, 2.45) is 0 Å². The molecule has 0 unspecified atom stereocenters. The molecule has 4 rings (SSSR count). The fraction of sp³-hybridized carbons (Fsp3) is 0.333. The zero-order valence-electron chi connectivity index (χ0n) is 17.1. The van der Waals surface area contributed by atoms with Crippen LogP contribution in [-0.2, 0) is 6.42 Å². The molecule has 154 valence electrons. The maximum atomic E-state index is 14.0. The molecule has 2 heterocycles. The molecule has 0 spiro atoms. The largest absolute Gasteiger partial charge is 0.369 e. The Bertz CT molecular complexity index is 1140. The van der Waals surface area contributed by atoms with Crippen LogP contribution in [0.3, 0.4) is 0 Å². The van der Waals surface area contributed by atoms with Gasteiger partial charge in [0.2, 0.25) is 0 Å². The van der Waals surface area contributed by atoms with Crippen LogP contribution in [0.4, 0.5) is 10.1 Å². The van der Waals surface area contributed by atoms with Crippen LogP contribution in [0.25, 0.3) is 10.8 Å². The summed E-state index contributed by atoms with van der Waals surface area (Å²) in [6.07, 6.45) is 1.70. The van der Waals surface area contributed by atoms with Crippen molar-refractivity contribution in [1.29, 1.82) is 5.26 Å². The second-order valence-electron chi connectivity index (χ2n) is 7.87. The summed E-state index contributed by atoms with van der Waals surface area (Å²) in [6, 6.07) is 14.9. The molecule has 30 heavy (non-hydrogen) atoms. The van der Waals surface area contributed by atoms with E-state index in [1.807, 2.05) is 37.3 Å². The third kappa shape index (κ3) is 4.22. The molecule has 1 N–H and O–H groups in total. The van der Waals surface area contributed by atoms with E-state index in [1.165, 1.54) is 6.07 Å². The monoisotopic (exact) mass is 404 g/mol. The normalized spacial score (nSPS) is 14.8. The topological polar surface area (TPSA) is 63.1 Å². The molecule has 1 aliphatic heterocycles. The van der Waals surface area contributed by atoms with Crippen molar-refractivity contribution in [3.8, 4) is 6.07 Å². The minimum absolute atomic E-state index is 0.151. The summed E-state index contributed by atoms with van der Waals surface area (Å²) in [5.41, 5.74) is 3.27. The molecule has 0 bridgehead atoms. The van der Waals surface area contributed by atoms with Crippen LogP contribution in [-0.4, -0.2) is 42.6 Å². The van der Waals surface area contributed by atoms with E-state index in [1.54, 1.807) is 6.07 Å². The molecule has 5 nitrogen and oxygen atoms in total. The summed E-state index contributed by atoms with van der Waals surface area (Å²) in [7, 11) is 0. The average Bonchev–Trinajstić information content (AvgIpc) is 2.77. The van der Waals surface area contributed by atoms with Gasteiger partial charge in [-0.05, 0) is 73.7 Å². The van der Waals surface area contributed by atoms with E-state index in [-0.39, 0.29) is 10.9 Å². The Hall–Kier alpha value is -3.17. The molecule has 1 fully saturated rings. The van der Waals surface area contributed by atoms with Crippen LogP contribution in [0, 0.1) is 24.1 Å². The first kappa shape index (κ1) is 20.1. The third-order valence-corrected chi connectivity index (χ3v) is 5.89. The summed E-state index contributed by atoms with van der Waals surface area (Å²) in [4.78, 5) is 19.9. The maximum Gasteiger partial charge on any atom is 0.259 e. The summed E-state index contributed by atoms with van der Waals surface area (Å²) in [6.45, 7) is 6.74. The molecule has 0 amide bonds. The Morgan fingerprint density at radius 1 is 1.10 bits per heavy atom. The van der Waals surface area contributed by atoms with Crippen LogP contribution in [0.2, 0.25) is 0 Å². The van der Waals surface area contributed by atoms with Gasteiger partial charge < -0.3 is 9.88 Å². The highest BCUT2D eigenvalue weighted by atomic mass is 19.1. The van der Waals surface area contributed by atoms with Crippen molar-refractivity contribution < 1.29 is 4.39 Å². The molecule has 0 atom stereocenters. The lowest BCUT2D eigenvalue weighted by atomic mass is 10.0. The number of hydrogen-bond acceptors (Lipinski definition) is 4. The quantitative estimate of drug-likeness (QED) is 0.706. The van der Waals surface area contributed by atoms with Gasteiger partial charge >= 0.3 is 0 Å². The van der Waals surface area contributed by atoms with Gasteiger partial charge in [-0.1, -0.05) is 6.07 Å². The number of rotatable bonds is 5. The second kappa shape index (κ2) is 8.68. The number of hydrogen-bond donors (Lipinski definition) is 1. The van der Waals surface area contributed by atoms with Crippen LogP contribution in [0.5, 0.6) is 0 Å². The summed E-state index contributed by atoms with van der Waals surface area (Å²) >= 11 is 0. The van der Waals surface area contributed by atoms with Crippen LogP contribution >= 0.6 is 0 Å². The number of H-pyrrole nitrogens is 1. The Balaban J connectivity index is 1.32. The summed E-state index contributed by atoms with van der Waals surface area (Å²) in [5, 5.41) is 9.77. The number of anilines is 1. The zero-order valence-corrected chi connectivity index (χ0v) is 17.1. The standard InChI is InChI=1S/C24H25FN4O/c1-17-4-9-22(25)23-21(17)15-19(27-24(23)30)3-2-10-28-11-13-29(14-12-28)20-7-5-18(16-26)6-8-20/h4-9,15H,2-3,10-14H2,1H3,(H,27,30). The van der Waals surface area contributed by atoms with Crippen molar-refractivity contribution >= 4 is 16.5 Å². The fourth-order valence-corrected chi connectivity index (χ4v) is 4.14. The molecular weight excluding hydrogens is 379 g/mol. The first-order valence-electron chi connectivity index (χ1n) is 10.3. The van der Waals surface area contributed by atoms with E-state index < -0.39 is 5.82 Å². The van der Waals surface area contributed by atoms with E-state index in [9.17, 15) is 9.18 Å².